The second-order valence-electron chi connectivity index (χ2n) is 5.27. The molecule has 0 aliphatic carbocycles. The number of halogens is 1. The van der Waals surface area contributed by atoms with Crippen LogP contribution in [0.4, 0.5) is 4.39 Å². The summed E-state index contributed by atoms with van der Waals surface area (Å²) in [5, 5.41) is 9.00. The van der Waals surface area contributed by atoms with Crippen molar-refractivity contribution in [1.29, 1.82) is 0 Å². The van der Waals surface area contributed by atoms with E-state index in [9.17, 15) is 9.18 Å². The molecule has 0 heterocycles. The van der Waals surface area contributed by atoms with Crippen molar-refractivity contribution in [2.75, 3.05) is 6.61 Å². The van der Waals surface area contributed by atoms with E-state index < -0.39 is 11.8 Å². The van der Waals surface area contributed by atoms with E-state index in [0.717, 1.165) is 25.0 Å². The molecule has 0 saturated heterocycles. The summed E-state index contributed by atoms with van der Waals surface area (Å²) in [4.78, 5) is 11.0. The van der Waals surface area contributed by atoms with Crippen molar-refractivity contribution in [3.8, 4) is 5.75 Å². The number of hydrogen-bond donors (Lipinski definition) is 1. The van der Waals surface area contributed by atoms with E-state index in [1.807, 2.05) is 0 Å². The van der Waals surface area contributed by atoms with E-state index in [0.29, 0.717) is 6.61 Å². The lowest BCUT2D eigenvalue weighted by atomic mass is 10.1. The van der Waals surface area contributed by atoms with Crippen molar-refractivity contribution in [2.24, 2.45) is 0 Å². The van der Waals surface area contributed by atoms with Gasteiger partial charge in [0.25, 0.3) is 0 Å². The zero-order valence-electron chi connectivity index (χ0n) is 12.7. The number of benzene rings is 1. The third-order valence-corrected chi connectivity index (χ3v) is 3.43. The number of unbranched alkanes of at least 4 members (excludes halogenated alkanes) is 7. The van der Waals surface area contributed by atoms with Gasteiger partial charge in [-0.15, -0.1) is 0 Å². The molecule has 1 aromatic carbocycles. The predicted octanol–water partition coefficient (Wildman–Crippen LogP) is 5.04. The molecule has 4 heteroatoms. The summed E-state index contributed by atoms with van der Waals surface area (Å²) in [5.74, 6) is -1.46. The minimum Gasteiger partial charge on any atom is -0.493 e. The molecule has 0 aliphatic heterocycles. The normalized spacial score (nSPS) is 10.6. The van der Waals surface area contributed by atoms with Crippen LogP contribution in [0.15, 0.2) is 18.2 Å². The van der Waals surface area contributed by atoms with E-state index >= 15 is 0 Å². The van der Waals surface area contributed by atoms with Crippen LogP contribution in [0, 0.1) is 5.82 Å². The summed E-state index contributed by atoms with van der Waals surface area (Å²) < 4.78 is 18.5. The van der Waals surface area contributed by atoms with Gasteiger partial charge in [-0.05, 0) is 18.6 Å². The quantitative estimate of drug-likeness (QED) is 0.582. The first-order chi connectivity index (χ1) is 10.1. The maximum atomic E-state index is 13.1. The number of carbonyl (C=O) groups is 1. The largest absolute Gasteiger partial charge is 0.493 e. The van der Waals surface area contributed by atoms with Crippen LogP contribution in [0.3, 0.4) is 0 Å². The molecule has 0 bridgehead atoms. The van der Waals surface area contributed by atoms with E-state index in [1.165, 1.54) is 44.6 Å². The predicted molar refractivity (Wildman–Crippen MR) is 81.5 cm³/mol. The molecule has 1 rings (SSSR count). The average Bonchev–Trinajstić information content (AvgIpc) is 2.45. The summed E-state index contributed by atoms with van der Waals surface area (Å²) in [5.41, 5.74) is 0.0102. The molecule has 0 spiro atoms. The summed E-state index contributed by atoms with van der Waals surface area (Å²) in [7, 11) is 0. The van der Waals surface area contributed by atoms with Gasteiger partial charge in [0.2, 0.25) is 0 Å². The summed E-state index contributed by atoms with van der Waals surface area (Å²) in [6, 6.07) is 3.50. The average molecular weight is 296 g/mol. The lowest BCUT2D eigenvalue weighted by Gasteiger charge is -2.09. The van der Waals surface area contributed by atoms with Crippen LogP contribution in [-0.4, -0.2) is 17.7 Å². The molecule has 0 atom stereocenters. The molecular formula is C17H25FO3. The second kappa shape index (κ2) is 10.2. The zero-order valence-corrected chi connectivity index (χ0v) is 12.7. The van der Waals surface area contributed by atoms with Gasteiger partial charge in [0.15, 0.2) is 0 Å². The molecule has 0 aliphatic rings. The lowest BCUT2D eigenvalue weighted by Crippen LogP contribution is -2.05. The topological polar surface area (TPSA) is 46.5 Å². The van der Waals surface area contributed by atoms with Crippen molar-refractivity contribution in [3.63, 3.8) is 0 Å². The van der Waals surface area contributed by atoms with E-state index in [-0.39, 0.29) is 11.3 Å². The lowest BCUT2D eigenvalue weighted by molar-refractivity contribution is 0.0692. The molecule has 0 fully saturated rings. The fourth-order valence-corrected chi connectivity index (χ4v) is 2.21. The summed E-state index contributed by atoms with van der Waals surface area (Å²) >= 11 is 0. The fraction of sp³-hybridized carbons (Fsp3) is 0.588. The van der Waals surface area contributed by atoms with Gasteiger partial charge in [-0.2, -0.15) is 0 Å². The SMILES string of the molecule is CCCCCCCCCCOc1cc(F)ccc1C(=O)O. The van der Waals surface area contributed by atoms with Crippen LogP contribution < -0.4 is 4.74 Å². The Morgan fingerprint density at radius 3 is 2.33 bits per heavy atom. The Morgan fingerprint density at radius 2 is 1.71 bits per heavy atom. The Balaban J connectivity index is 2.21. The van der Waals surface area contributed by atoms with Crippen molar-refractivity contribution < 1.29 is 19.0 Å². The van der Waals surface area contributed by atoms with E-state index in [1.54, 1.807) is 0 Å². The van der Waals surface area contributed by atoms with Crippen LogP contribution in [0.25, 0.3) is 0 Å². The summed E-state index contributed by atoms with van der Waals surface area (Å²) in [6.45, 7) is 2.63. The first kappa shape index (κ1) is 17.5. The molecule has 0 unspecified atom stereocenters. The Bertz CT molecular complexity index is 432. The number of carboxylic acid groups (broad SMARTS) is 1. The van der Waals surface area contributed by atoms with Crippen molar-refractivity contribution in [1.82, 2.24) is 0 Å². The van der Waals surface area contributed by atoms with Gasteiger partial charge in [0.1, 0.15) is 17.1 Å². The standard InChI is InChI=1S/C17H25FO3/c1-2-3-4-5-6-7-8-9-12-21-16-13-14(18)10-11-15(16)17(19)20/h10-11,13H,2-9,12H2,1H3,(H,19,20). The minimum absolute atomic E-state index is 0.0102. The van der Waals surface area contributed by atoms with Gasteiger partial charge in [0.05, 0.1) is 6.61 Å². The van der Waals surface area contributed by atoms with Gasteiger partial charge < -0.3 is 9.84 Å². The van der Waals surface area contributed by atoms with Gasteiger partial charge in [-0.25, -0.2) is 9.18 Å². The summed E-state index contributed by atoms with van der Waals surface area (Å²) in [6.07, 6.45) is 9.48. The van der Waals surface area contributed by atoms with Gasteiger partial charge in [-0.1, -0.05) is 51.9 Å². The second-order valence-corrected chi connectivity index (χ2v) is 5.27. The van der Waals surface area contributed by atoms with Crippen molar-refractivity contribution >= 4 is 5.97 Å². The molecule has 3 nitrogen and oxygen atoms in total. The highest BCUT2D eigenvalue weighted by molar-refractivity contribution is 5.90. The first-order valence-electron chi connectivity index (χ1n) is 7.80. The number of aromatic carboxylic acids is 1. The third kappa shape index (κ3) is 7.11. The van der Waals surface area contributed by atoms with Crippen LogP contribution in [0.1, 0.15) is 68.6 Å². The molecule has 0 saturated carbocycles. The molecule has 0 aromatic heterocycles. The molecule has 0 amide bonds. The van der Waals surface area contributed by atoms with Crippen LogP contribution in [0.5, 0.6) is 5.75 Å². The Labute approximate surface area is 126 Å². The van der Waals surface area contributed by atoms with Crippen LogP contribution >= 0.6 is 0 Å². The number of ether oxygens (including phenoxy) is 1. The fourth-order valence-electron chi connectivity index (χ4n) is 2.21. The van der Waals surface area contributed by atoms with Gasteiger partial charge >= 0.3 is 5.97 Å². The molecule has 21 heavy (non-hydrogen) atoms. The highest BCUT2D eigenvalue weighted by atomic mass is 19.1. The zero-order chi connectivity index (χ0) is 15.5. The van der Waals surface area contributed by atoms with Crippen LogP contribution in [-0.2, 0) is 0 Å². The molecule has 118 valence electrons. The van der Waals surface area contributed by atoms with Gasteiger partial charge in [-0.3, -0.25) is 0 Å². The first-order valence-corrected chi connectivity index (χ1v) is 7.80. The van der Waals surface area contributed by atoms with Crippen molar-refractivity contribution in [3.05, 3.63) is 29.6 Å². The number of hydrogen-bond acceptors (Lipinski definition) is 2. The van der Waals surface area contributed by atoms with Gasteiger partial charge in [0, 0.05) is 6.07 Å². The highest BCUT2D eigenvalue weighted by Gasteiger charge is 2.11. The van der Waals surface area contributed by atoms with Crippen molar-refractivity contribution in [2.45, 2.75) is 58.3 Å². The van der Waals surface area contributed by atoms with E-state index in [4.69, 9.17) is 9.84 Å². The maximum Gasteiger partial charge on any atom is 0.339 e. The Kier molecular flexibility index (Phi) is 8.48. The highest BCUT2D eigenvalue weighted by Crippen LogP contribution is 2.20. The maximum absolute atomic E-state index is 13.1. The number of carboxylic acids is 1. The minimum atomic E-state index is -1.10. The molecule has 1 aromatic rings. The Hall–Kier alpha value is -1.58. The molecule has 0 radical (unpaired) electrons. The molecule has 1 N–H and O–H groups in total. The smallest absolute Gasteiger partial charge is 0.339 e. The third-order valence-electron chi connectivity index (χ3n) is 3.43. The number of rotatable bonds is 11. The monoisotopic (exact) mass is 296 g/mol. The van der Waals surface area contributed by atoms with E-state index in [2.05, 4.69) is 6.92 Å². The Morgan fingerprint density at radius 1 is 1.10 bits per heavy atom. The van der Waals surface area contributed by atoms with Crippen LogP contribution in [0.2, 0.25) is 0 Å². The molecular weight excluding hydrogens is 271 g/mol.